The zero-order chi connectivity index (χ0) is 7.28. The molecule has 0 saturated carbocycles. The molecule has 0 aliphatic heterocycles. The van der Waals surface area contributed by atoms with Crippen molar-refractivity contribution in [2.24, 2.45) is 0 Å². The lowest BCUT2D eigenvalue weighted by Gasteiger charge is -1.98. The highest BCUT2D eigenvalue weighted by Gasteiger charge is 2.17. The monoisotopic (exact) mass is 136 g/mol. The maximum atomic E-state index is 11.1. The Balaban J connectivity index is 3.67. The number of aliphatic carboxylic acids is 1. The van der Waals surface area contributed by atoms with Gasteiger partial charge in [-0.1, -0.05) is 0 Å². The number of rotatable bonds is 4. The fourth-order valence-corrected chi connectivity index (χ4v) is 0.263. The molecule has 0 radical (unpaired) electrons. The molecule has 5 heteroatoms. The topological polar surface area (TPSA) is 63.6 Å². The van der Waals surface area contributed by atoms with Gasteiger partial charge < -0.3 is 9.90 Å². The van der Waals surface area contributed by atoms with E-state index in [2.05, 4.69) is 4.94 Å². The Kier molecular flexibility index (Phi) is 3.54. The van der Waals surface area contributed by atoms with Gasteiger partial charge in [-0.15, -0.1) is 0 Å². The Morgan fingerprint density at radius 1 is 1.89 bits per heavy atom. The highest BCUT2D eigenvalue weighted by molar-refractivity contribution is 5.75. The van der Waals surface area contributed by atoms with E-state index in [0.29, 0.717) is 0 Å². The van der Waals surface area contributed by atoms with Crippen LogP contribution in [0.2, 0.25) is 0 Å². The van der Waals surface area contributed by atoms with Crippen LogP contribution in [-0.2, 0) is 14.5 Å². The van der Waals surface area contributed by atoms with Crippen molar-refractivity contribution >= 4 is 12.3 Å². The van der Waals surface area contributed by atoms with Gasteiger partial charge in [0.05, 0.1) is 0 Å². The molecule has 0 spiro atoms. The van der Waals surface area contributed by atoms with E-state index in [1.807, 2.05) is 0 Å². The van der Waals surface area contributed by atoms with Crippen molar-refractivity contribution in [3.8, 4) is 0 Å². The van der Waals surface area contributed by atoms with Gasteiger partial charge in [-0.2, -0.15) is 4.94 Å². The summed E-state index contributed by atoms with van der Waals surface area (Å²) in [5.41, 5.74) is 0. The highest BCUT2D eigenvalue weighted by atomic mass is 19.3. The highest BCUT2D eigenvalue weighted by Crippen LogP contribution is 1.95. The first-order valence-electron chi connectivity index (χ1n) is 2.16. The lowest BCUT2D eigenvalue weighted by Crippen LogP contribution is -2.20. The van der Waals surface area contributed by atoms with Crippen LogP contribution in [0.25, 0.3) is 0 Å². The summed E-state index contributed by atoms with van der Waals surface area (Å²) in [5, 5.41) is 7.98. The lowest BCUT2D eigenvalue weighted by atomic mass is 10.3. The van der Waals surface area contributed by atoms with Crippen LogP contribution < -0.4 is 0 Å². The summed E-state index contributed by atoms with van der Waals surface area (Å²) in [6, 6.07) is 0. The van der Waals surface area contributed by atoms with Crippen LogP contribution in [0.3, 0.4) is 0 Å². The molecule has 4 nitrogen and oxygen atoms in total. The van der Waals surface area contributed by atoms with E-state index in [1.54, 1.807) is 0 Å². The molecule has 0 saturated heterocycles. The molecule has 1 unspecified atom stereocenters. The number of halogens is 1. The second-order valence-corrected chi connectivity index (χ2v) is 1.32. The SMILES string of the molecule is O=CCC(OF)C(=O)O. The first-order valence-corrected chi connectivity index (χ1v) is 2.16. The van der Waals surface area contributed by atoms with Crippen LogP contribution in [0, 0.1) is 0 Å². The second-order valence-electron chi connectivity index (χ2n) is 1.32. The largest absolute Gasteiger partial charge is 0.479 e. The fourth-order valence-electron chi connectivity index (χ4n) is 0.263. The Bertz CT molecular complexity index is 113. The van der Waals surface area contributed by atoms with Gasteiger partial charge in [-0.05, 0) is 4.53 Å². The minimum atomic E-state index is -1.65. The minimum Gasteiger partial charge on any atom is -0.479 e. The van der Waals surface area contributed by atoms with Crippen LogP contribution in [0.1, 0.15) is 6.42 Å². The molecule has 0 fully saturated rings. The third kappa shape index (κ3) is 2.76. The van der Waals surface area contributed by atoms with Crippen LogP contribution in [-0.4, -0.2) is 23.5 Å². The predicted octanol–water partition coefficient (Wildman–Crippen LogP) is -0.0703. The van der Waals surface area contributed by atoms with Crippen LogP contribution >= 0.6 is 0 Å². The van der Waals surface area contributed by atoms with E-state index in [-0.39, 0.29) is 6.29 Å². The standard InChI is InChI=1S/C4H5FO4/c5-9-3(1-2-6)4(7)8/h2-3H,1H2,(H,7,8). The van der Waals surface area contributed by atoms with Crippen LogP contribution in [0.4, 0.5) is 4.53 Å². The average molecular weight is 136 g/mol. The van der Waals surface area contributed by atoms with Gasteiger partial charge in [0.15, 0.2) is 0 Å². The summed E-state index contributed by atoms with van der Waals surface area (Å²) in [4.78, 5) is 22.3. The quantitative estimate of drug-likeness (QED) is 0.549. The predicted molar refractivity (Wildman–Crippen MR) is 24.3 cm³/mol. The number of hydrogen-bond donors (Lipinski definition) is 1. The second kappa shape index (κ2) is 3.96. The van der Waals surface area contributed by atoms with Crippen molar-refractivity contribution in [3.63, 3.8) is 0 Å². The van der Waals surface area contributed by atoms with Gasteiger partial charge in [0, 0.05) is 6.42 Å². The Hall–Kier alpha value is -0.970. The first kappa shape index (κ1) is 8.03. The molecule has 1 atom stereocenters. The molecule has 1 N–H and O–H groups in total. The van der Waals surface area contributed by atoms with Crippen molar-refractivity contribution < 1.29 is 24.2 Å². The van der Waals surface area contributed by atoms with Crippen molar-refractivity contribution in [2.45, 2.75) is 12.5 Å². The molecule has 0 aromatic carbocycles. The first-order chi connectivity index (χ1) is 4.22. The third-order valence-corrected chi connectivity index (χ3v) is 0.693. The summed E-state index contributed by atoms with van der Waals surface area (Å²) < 4.78 is 11.1. The number of hydrogen-bond acceptors (Lipinski definition) is 3. The van der Waals surface area contributed by atoms with Gasteiger partial charge >= 0.3 is 5.97 Å². The van der Waals surface area contributed by atoms with E-state index in [9.17, 15) is 14.1 Å². The van der Waals surface area contributed by atoms with Crippen molar-refractivity contribution in [2.75, 3.05) is 0 Å². The summed E-state index contributed by atoms with van der Waals surface area (Å²) in [6.07, 6.45) is -1.84. The molecule has 0 aliphatic rings. The third-order valence-electron chi connectivity index (χ3n) is 0.693. The molecule has 9 heavy (non-hydrogen) atoms. The van der Waals surface area contributed by atoms with E-state index < -0.39 is 18.5 Å². The molecule has 0 aromatic rings. The molecule has 0 aliphatic carbocycles. The van der Waals surface area contributed by atoms with E-state index in [4.69, 9.17) is 5.11 Å². The van der Waals surface area contributed by atoms with Crippen LogP contribution in [0.5, 0.6) is 0 Å². The Morgan fingerprint density at radius 2 is 2.44 bits per heavy atom. The molecular weight excluding hydrogens is 131 g/mol. The van der Waals surface area contributed by atoms with Crippen molar-refractivity contribution in [1.29, 1.82) is 0 Å². The van der Waals surface area contributed by atoms with E-state index in [1.165, 1.54) is 0 Å². The zero-order valence-corrected chi connectivity index (χ0v) is 4.41. The fraction of sp³-hybridized carbons (Fsp3) is 0.500. The molecule has 0 rings (SSSR count). The van der Waals surface area contributed by atoms with E-state index in [0.717, 1.165) is 0 Å². The summed E-state index contributed by atoms with van der Waals surface area (Å²) in [6.45, 7) is 0. The van der Waals surface area contributed by atoms with Gasteiger partial charge in [0.25, 0.3) is 0 Å². The van der Waals surface area contributed by atoms with Gasteiger partial charge in [0.1, 0.15) is 6.29 Å². The summed E-state index contributed by atoms with van der Waals surface area (Å²) in [5.74, 6) is -1.48. The molecule has 52 valence electrons. The number of carbonyl (C=O) groups excluding carboxylic acids is 1. The maximum absolute atomic E-state index is 11.1. The average Bonchev–Trinajstić information content (AvgIpc) is 1.82. The van der Waals surface area contributed by atoms with Gasteiger partial charge in [-0.3, -0.25) is 0 Å². The molecule has 0 amide bonds. The zero-order valence-electron chi connectivity index (χ0n) is 4.41. The van der Waals surface area contributed by atoms with Gasteiger partial charge in [0.2, 0.25) is 6.10 Å². The summed E-state index contributed by atoms with van der Waals surface area (Å²) >= 11 is 0. The smallest absolute Gasteiger partial charge is 0.336 e. The number of carboxylic acids is 1. The molecule has 0 bridgehead atoms. The van der Waals surface area contributed by atoms with E-state index >= 15 is 0 Å². The lowest BCUT2D eigenvalue weighted by molar-refractivity contribution is -0.199. The number of carbonyl (C=O) groups is 2. The minimum absolute atomic E-state index is 0.276. The molecule has 0 heterocycles. The summed E-state index contributed by atoms with van der Waals surface area (Å²) in [7, 11) is 0. The van der Waals surface area contributed by atoms with Crippen molar-refractivity contribution in [3.05, 3.63) is 0 Å². The molecular formula is C4H5FO4. The number of aldehydes is 1. The molecule has 0 aromatic heterocycles. The Morgan fingerprint density at radius 3 is 2.56 bits per heavy atom. The maximum Gasteiger partial charge on any atom is 0.336 e. The number of carboxylic acid groups (broad SMARTS) is 1. The normalized spacial score (nSPS) is 12.6. The Labute approximate surface area is 50.1 Å². The van der Waals surface area contributed by atoms with Gasteiger partial charge in [-0.25, -0.2) is 4.79 Å². The van der Waals surface area contributed by atoms with Crippen molar-refractivity contribution in [1.82, 2.24) is 0 Å². The van der Waals surface area contributed by atoms with Crippen LogP contribution in [0.15, 0.2) is 0 Å².